The van der Waals surface area contributed by atoms with Gasteiger partial charge in [0.1, 0.15) is 11.6 Å². The Hall–Kier alpha value is -2.04. The van der Waals surface area contributed by atoms with Gasteiger partial charge in [-0.2, -0.15) is 0 Å². The van der Waals surface area contributed by atoms with Gasteiger partial charge >= 0.3 is 5.97 Å². The van der Waals surface area contributed by atoms with Crippen LogP contribution in [0.15, 0.2) is 29.2 Å². The first-order valence-electron chi connectivity index (χ1n) is 7.65. The van der Waals surface area contributed by atoms with Crippen LogP contribution in [0.1, 0.15) is 33.6 Å². The van der Waals surface area contributed by atoms with Crippen molar-refractivity contribution in [1.82, 2.24) is 4.72 Å². The fourth-order valence-corrected chi connectivity index (χ4v) is 2.93. The number of carbonyl (C=O) groups is 1. The Labute approximate surface area is 146 Å². The molecular formula is C15H23N3O6S. The molecular weight excluding hydrogens is 350 g/mol. The molecule has 3 N–H and O–H groups in total. The molecule has 0 heterocycles. The standard InChI is InChI=1S/C15H23N3O6S/c1-15(2,3)24-14(19)13(16)5-4-10-17-25(22,23)12-8-6-11(7-9-12)18(20)21/h6-9,13,17H,4-5,10,16H2,1-3H3/t13-/m0/s1. The molecule has 1 atom stereocenters. The number of sulfonamides is 1. The molecule has 0 saturated carbocycles. The maximum atomic E-state index is 12.1. The van der Waals surface area contributed by atoms with Gasteiger partial charge in [-0.1, -0.05) is 0 Å². The summed E-state index contributed by atoms with van der Waals surface area (Å²) < 4.78 is 31.7. The van der Waals surface area contributed by atoms with Gasteiger partial charge in [0.05, 0.1) is 9.82 Å². The number of esters is 1. The predicted octanol–water partition coefficient (Wildman–Crippen LogP) is 1.32. The number of rotatable bonds is 8. The smallest absolute Gasteiger partial charge is 0.323 e. The van der Waals surface area contributed by atoms with Crippen molar-refractivity contribution in [2.45, 2.75) is 50.2 Å². The van der Waals surface area contributed by atoms with Crippen LogP contribution in [0.2, 0.25) is 0 Å². The van der Waals surface area contributed by atoms with Gasteiger partial charge in [0.2, 0.25) is 10.0 Å². The Morgan fingerprint density at radius 3 is 2.36 bits per heavy atom. The molecule has 0 aliphatic carbocycles. The molecule has 0 aliphatic heterocycles. The number of nitrogens with two attached hydrogens (primary N) is 1. The van der Waals surface area contributed by atoms with Gasteiger partial charge in [-0.3, -0.25) is 14.9 Å². The fraction of sp³-hybridized carbons (Fsp3) is 0.533. The van der Waals surface area contributed by atoms with Crippen LogP contribution >= 0.6 is 0 Å². The topological polar surface area (TPSA) is 142 Å². The highest BCUT2D eigenvalue weighted by molar-refractivity contribution is 7.89. The van der Waals surface area contributed by atoms with E-state index in [1.54, 1.807) is 20.8 Å². The molecule has 0 unspecified atom stereocenters. The maximum absolute atomic E-state index is 12.1. The highest BCUT2D eigenvalue weighted by Gasteiger charge is 2.22. The summed E-state index contributed by atoms with van der Waals surface area (Å²) in [5.74, 6) is -0.536. The van der Waals surface area contributed by atoms with Gasteiger partial charge in [0.15, 0.2) is 0 Å². The van der Waals surface area contributed by atoms with Gasteiger partial charge in [0, 0.05) is 18.7 Å². The Morgan fingerprint density at radius 1 is 1.32 bits per heavy atom. The Balaban J connectivity index is 2.49. The number of nitro benzene ring substituents is 1. The average Bonchev–Trinajstić information content (AvgIpc) is 2.49. The fourth-order valence-electron chi connectivity index (χ4n) is 1.85. The monoisotopic (exact) mass is 373 g/mol. The summed E-state index contributed by atoms with van der Waals surface area (Å²) in [4.78, 5) is 21.6. The van der Waals surface area contributed by atoms with Crippen molar-refractivity contribution in [2.24, 2.45) is 5.73 Å². The number of nitrogens with one attached hydrogen (secondary N) is 1. The SMILES string of the molecule is CC(C)(C)OC(=O)[C@@H](N)CCCNS(=O)(=O)c1ccc([N+](=O)[O-])cc1. The van der Waals surface area contributed by atoms with Crippen molar-refractivity contribution in [3.63, 3.8) is 0 Å². The number of nitrogens with zero attached hydrogens (tertiary/aromatic N) is 1. The molecule has 0 fully saturated rings. The second-order valence-corrected chi connectivity index (χ2v) is 8.20. The minimum absolute atomic E-state index is 0.0745. The summed E-state index contributed by atoms with van der Waals surface area (Å²) in [7, 11) is -3.78. The molecule has 0 saturated heterocycles. The van der Waals surface area contributed by atoms with E-state index in [2.05, 4.69) is 4.72 Å². The van der Waals surface area contributed by atoms with Crippen LogP contribution in [0.5, 0.6) is 0 Å². The molecule has 10 heteroatoms. The van der Waals surface area contributed by atoms with Crippen molar-refractivity contribution in [3.05, 3.63) is 34.4 Å². The van der Waals surface area contributed by atoms with Crippen LogP contribution in [0.4, 0.5) is 5.69 Å². The average molecular weight is 373 g/mol. The Morgan fingerprint density at radius 2 is 1.88 bits per heavy atom. The van der Waals surface area contributed by atoms with Crippen molar-refractivity contribution >= 4 is 21.7 Å². The van der Waals surface area contributed by atoms with Crippen molar-refractivity contribution in [3.8, 4) is 0 Å². The molecule has 0 bridgehead atoms. The lowest BCUT2D eigenvalue weighted by Crippen LogP contribution is -2.38. The quantitative estimate of drug-likeness (QED) is 0.303. The summed E-state index contributed by atoms with van der Waals surface area (Å²) in [6.07, 6.45) is 0.602. The largest absolute Gasteiger partial charge is 0.459 e. The minimum atomic E-state index is -3.78. The molecule has 1 aromatic carbocycles. The normalized spacial score (nSPS) is 13.3. The molecule has 1 aromatic rings. The first kappa shape index (κ1) is 21.0. The third-order valence-electron chi connectivity index (χ3n) is 3.05. The number of hydrogen-bond donors (Lipinski definition) is 2. The predicted molar refractivity (Wildman–Crippen MR) is 91.3 cm³/mol. The van der Waals surface area contributed by atoms with E-state index in [0.717, 1.165) is 24.3 Å². The van der Waals surface area contributed by atoms with Crippen molar-refractivity contribution in [1.29, 1.82) is 0 Å². The summed E-state index contributed by atoms with van der Waals surface area (Å²) in [5.41, 5.74) is 4.89. The van der Waals surface area contributed by atoms with Crippen LogP contribution in [0.3, 0.4) is 0 Å². The van der Waals surface area contributed by atoms with E-state index in [0.29, 0.717) is 6.42 Å². The summed E-state index contributed by atoms with van der Waals surface area (Å²) >= 11 is 0. The summed E-state index contributed by atoms with van der Waals surface area (Å²) in [6.45, 7) is 5.28. The van der Waals surface area contributed by atoms with Gasteiger partial charge in [0.25, 0.3) is 5.69 Å². The lowest BCUT2D eigenvalue weighted by Gasteiger charge is -2.22. The molecule has 0 spiro atoms. The lowest BCUT2D eigenvalue weighted by molar-refractivity contribution is -0.384. The van der Waals surface area contributed by atoms with E-state index in [-0.39, 0.29) is 23.5 Å². The molecule has 9 nitrogen and oxygen atoms in total. The highest BCUT2D eigenvalue weighted by atomic mass is 32.2. The summed E-state index contributed by atoms with van der Waals surface area (Å²) in [6, 6.07) is 3.72. The van der Waals surface area contributed by atoms with Crippen LogP contribution in [0.25, 0.3) is 0 Å². The van der Waals surface area contributed by atoms with Gasteiger partial charge in [-0.05, 0) is 45.7 Å². The number of nitro groups is 1. The first-order chi connectivity index (χ1) is 11.4. The van der Waals surface area contributed by atoms with Crippen LogP contribution in [-0.2, 0) is 19.6 Å². The maximum Gasteiger partial charge on any atom is 0.323 e. The molecule has 0 aliphatic rings. The van der Waals surface area contributed by atoms with E-state index >= 15 is 0 Å². The number of hydrogen-bond acceptors (Lipinski definition) is 7. The van der Waals surface area contributed by atoms with Gasteiger partial charge in [-0.15, -0.1) is 0 Å². The Kier molecular flexibility index (Phi) is 7.03. The molecule has 0 amide bonds. The van der Waals surface area contributed by atoms with E-state index in [4.69, 9.17) is 10.5 Å². The number of non-ortho nitro benzene ring substituents is 1. The Bertz CT molecular complexity index is 710. The van der Waals surface area contributed by atoms with E-state index in [9.17, 15) is 23.3 Å². The third-order valence-corrected chi connectivity index (χ3v) is 4.53. The molecule has 25 heavy (non-hydrogen) atoms. The zero-order chi connectivity index (χ0) is 19.3. The van der Waals surface area contributed by atoms with Crippen molar-refractivity contribution < 1.29 is 22.9 Å². The van der Waals surface area contributed by atoms with Gasteiger partial charge < -0.3 is 10.5 Å². The second kappa shape index (κ2) is 8.37. The number of carbonyl (C=O) groups excluding carboxylic acids is 1. The van der Waals surface area contributed by atoms with Crippen LogP contribution < -0.4 is 10.5 Å². The zero-order valence-corrected chi connectivity index (χ0v) is 15.2. The lowest BCUT2D eigenvalue weighted by atomic mass is 10.1. The number of ether oxygens (including phenoxy) is 1. The van der Waals surface area contributed by atoms with E-state index < -0.39 is 32.6 Å². The molecule has 0 aromatic heterocycles. The second-order valence-electron chi connectivity index (χ2n) is 6.43. The molecule has 1 rings (SSSR count). The van der Waals surface area contributed by atoms with Crippen molar-refractivity contribution in [2.75, 3.05) is 6.54 Å². The minimum Gasteiger partial charge on any atom is -0.459 e. The molecule has 0 radical (unpaired) electrons. The van der Waals surface area contributed by atoms with Gasteiger partial charge in [-0.25, -0.2) is 13.1 Å². The molecule has 140 valence electrons. The number of benzene rings is 1. The highest BCUT2D eigenvalue weighted by Crippen LogP contribution is 2.15. The van der Waals surface area contributed by atoms with Crippen LogP contribution in [0, 0.1) is 10.1 Å². The zero-order valence-electron chi connectivity index (χ0n) is 14.4. The van der Waals surface area contributed by atoms with E-state index in [1.165, 1.54) is 0 Å². The summed E-state index contributed by atoms with van der Waals surface area (Å²) in [5, 5.41) is 10.6. The first-order valence-corrected chi connectivity index (χ1v) is 9.13. The van der Waals surface area contributed by atoms with E-state index in [1.807, 2.05) is 0 Å². The third kappa shape index (κ3) is 7.16. The van der Waals surface area contributed by atoms with Crippen LogP contribution in [-0.4, -0.2) is 37.5 Å².